The van der Waals surface area contributed by atoms with Crippen molar-refractivity contribution in [2.24, 2.45) is 0 Å². The largest absolute Gasteiger partial charge is 0.309 e. The lowest BCUT2D eigenvalue weighted by Gasteiger charge is -2.34. The van der Waals surface area contributed by atoms with Crippen LogP contribution < -0.4 is 20.7 Å². The summed E-state index contributed by atoms with van der Waals surface area (Å²) in [7, 11) is -2.87. The van der Waals surface area contributed by atoms with E-state index in [4.69, 9.17) is 15.0 Å². The number of nitrogens with zero attached hydrogens (tertiary/aromatic N) is 4. The number of para-hydroxylation sites is 2. The van der Waals surface area contributed by atoms with Crippen molar-refractivity contribution in [3.8, 4) is 51.0 Å². The van der Waals surface area contributed by atoms with Gasteiger partial charge in [-0.25, -0.2) is 15.0 Å². The van der Waals surface area contributed by atoms with Crippen LogP contribution >= 0.6 is 11.3 Å². The number of benzene rings is 10. The van der Waals surface area contributed by atoms with Crippen LogP contribution in [0.5, 0.6) is 0 Å². The Kier molecular flexibility index (Phi) is 10.00. The maximum atomic E-state index is 5.50. The van der Waals surface area contributed by atoms with E-state index in [1.54, 1.807) is 0 Å². The third-order valence-electron chi connectivity index (χ3n) is 13.6. The van der Waals surface area contributed by atoms with E-state index in [2.05, 4.69) is 259 Å². The Bertz CT molecular complexity index is 3880. The molecule has 0 atom stereocenters. The number of fused-ring (bicyclic) bond motifs is 6. The Morgan fingerprint density at radius 2 is 0.768 bits per heavy atom. The van der Waals surface area contributed by atoms with Crippen LogP contribution in [0.25, 0.3) is 93.0 Å². The summed E-state index contributed by atoms with van der Waals surface area (Å²) in [6.45, 7) is 0. The molecule has 3 aromatic heterocycles. The molecule has 0 aliphatic heterocycles. The molecule has 0 N–H and O–H groups in total. The van der Waals surface area contributed by atoms with E-state index in [0.717, 1.165) is 44.5 Å². The zero-order valence-electron chi connectivity index (χ0n) is 37.4. The van der Waals surface area contributed by atoms with Crippen molar-refractivity contribution >= 4 is 82.1 Å². The number of hydrogen-bond donors (Lipinski definition) is 0. The van der Waals surface area contributed by atoms with Crippen LogP contribution in [0.15, 0.2) is 255 Å². The molecule has 0 spiro atoms. The van der Waals surface area contributed by atoms with Crippen molar-refractivity contribution in [1.82, 2.24) is 19.5 Å². The van der Waals surface area contributed by atoms with Gasteiger partial charge in [-0.2, -0.15) is 0 Å². The lowest BCUT2D eigenvalue weighted by atomic mass is 9.97. The minimum absolute atomic E-state index is 0.607. The molecule has 0 unspecified atom stereocenters. The Morgan fingerprint density at radius 3 is 1.41 bits per heavy atom. The van der Waals surface area contributed by atoms with Gasteiger partial charge in [-0.05, 0) is 56.6 Å². The molecule has 0 aliphatic rings. The van der Waals surface area contributed by atoms with Crippen molar-refractivity contribution in [3.05, 3.63) is 255 Å². The second-order valence-corrected chi connectivity index (χ2v) is 22.3. The van der Waals surface area contributed by atoms with E-state index in [1.165, 1.54) is 51.7 Å². The Hall–Kier alpha value is -8.55. The highest BCUT2D eigenvalue weighted by Gasteiger charge is 2.41. The summed E-state index contributed by atoms with van der Waals surface area (Å²) >= 11 is 1.84. The second-order valence-electron chi connectivity index (χ2n) is 17.5. The average molecular weight is 915 g/mol. The molecule has 0 saturated carbocycles. The molecule has 69 heavy (non-hydrogen) atoms. The highest BCUT2D eigenvalue weighted by atomic mass is 32.1. The Morgan fingerprint density at radius 1 is 0.319 bits per heavy atom. The number of hydrogen-bond acceptors (Lipinski definition) is 4. The average Bonchev–Trinajstić information content (AvgIpc) is 3.98. The maximum Gasteiger partial charge on any atom is 0.179 e. The summed E-state index contributed by atoms with van der Waals surface area (Å²) in [5, 5.41) is 10.1. The maximum absolute atomic E-state index is 5.50. The summed E-state index contributed by atoms with van der Waals surface area (Å²) < 4.78 is 4.87. The van der Waals surface area contributed by atoms with Crippen LogP contribution in [0.1, 0.15) is 0 Å². The molecule has 0 fully saturated rings. The molecule has 0 saturated heterocycles. The van der Waals surface area contributed by atoms with E-state index in [0.29, 0.717) is 17.5 Å². The van der Waals surface area contributed by atoms with Crippen molar-refractivity contribution in [1.29, 1.82) is 0 Å². The first-order valence-electron chi connectivity index (χ1n) is 23.3. The van der Waals surface area contributed by atoms with Gasteiger partial charge < -0.3 is 4.57 Å². The fourth-order valence-corrected chi connectivity index (χ4v) is 16.6. The lowest BCUT2D eigenvalue weighted by molar-refractivity contribution is 1.07. The third-order valence-corrected chi connectivity index (χ3v) is 19.6. The molecule has 0 amide bonds. The Labute approximate surface area is 405 Å². The number of thiophene rings is 1. The molecule has 10 aromatic carbocycles. The molecule has 13 aromatic rings. The van der Waals surface area contributed by atoms with E-state index in [1.807, 2.05) is 11.3 Å². The van der Waals surface area contributed by atoms with Gasteiger partial charge in [0.25, 0.3) is 0 Å². The highest BCUT2D eigenvalue weighted by molar-refractivity contribution is 7.26. The van der Waals surface area contributed by atoms with Crippen LogP contribution in [0.4, 0.5) is 0 Å². The molecule has 0 radical (unpaired) electrons. The third kappa shape index (κ3) is 6.83. The van der Waals surface area contributed by atoms with Crippen molar-refractivity contribution in [2.45, 2.75) is 0 Å². The summed E-state index contributed by atoms with van der Waals surface area (Å²) in [5.74, 6) is 1.84. The zero-order valence-corrected chi connectivity index (χ0v) is 39.3. The van der Waals surface area contributed by atoms with Crippen molar-refractivity contribution in [2.75, 3.05) is 0 Å². The summed E-state index contributed by atoms with van der Waals surface area (Å²) in [5.41, 5.74) is 8.36. The van der Waals surface area contributed by atoms with Gasteiger partial charge in [-0.1, -0.05) is 224 Å². The molecule has 0 aliphatic carbocycles. The molecule has 3 heterocycles. The van der Waals surface area contributed by atoms with E-state index < -0.39 is 8.07 Å². The van der Waals surface area contributed by atoms with Crippen LogP contribution in [0.3, 0.4) is 0 Å². The first-order valence-corrected chi connectivity index (χ1v) is 26.2. The van der Waals surface area contributed by atoms with Crippen LogP contribution in [0, 0.1) is 0 Å². The molecular weight excluding hydrogens is 873 g/mol. The number of rotatable bonds is 9. The SMILES string of the molecule is c1ccc([Si](c2ccccc2)(c2ccccc2)c2cccc(-c3nc(-c4cccc(-n5c6ccccc6c6ccccc65)c4)nc(-c4ccccc4-c4cccc5c4sc4ccccc45)n3)c2)cc1. The fourth-order valence-electron chi connectivity index (χ4n) is 10.6. The van der Waals surface area contributed by atoms with Gasteiger partial charge in [-0.15, -0.1) is 11.3 Å². The van der Waals surface area contributed by atoms with Gasteiger partial charge in [0.05, 0.1) is 11.0 Å². The lowest BCUT2D eigenvalue weighted by Crippen LogP contribution is -2.74. The topological polar surface area (TPSA) is 43.6 Å². The summed E-state index contributed by atoms with van der Waals surface area (Å²) in [6.07, 6.45) is 0. The van der Waals surface area contributed by atoms with E-state index >= 15 is 0 Å². The quantitative estimate of drug-likeness (QED) is 0.107. The Balaban J connectivity index is 1.05. The molecule has 13 rings (SSSR count). The summed E-state index contributed by atoms with van der Waals surface area (Å²) in [6, 6.07) is 92.0. The second kappa shape index (κ2) is 17.0. The van der Waals surface area contributed by atoms with E-state index in [-0.39, 0.29) is 0 Å². The van der Waals surface area contributed by atoms with E-state index in [9.17, 15) is 0 Å². The van der Waals surface area contributed by atoms with Crippen molar-refractivity contribution in [3.63, 3.8) is 0 Å². The van der Waals surface area contributed by atoms with Gasteiger partial charge in [0.2, 0.25) is 0 Å². The van der Waals surface area contributed by atoms with Gasteiger partial charge in [0.1, 0.15) is 0 Å². The smallest absolute Gasteiger partial charge is 0.179 e. The highest BCUT2D eigenvalue weighted by Crippen LogP contribution is 2.43. The van der Waals surface area contributed by atoms with Gasteiger partial charge >= 0.3 is 0 Å². The molecule has 0 bridgehead atoms. The predicted molar refractivity (Wildman–Crippen MR) is 292 cm³/mol. The van der Waals surface area contributed by atoms with Crippen molar-refractivity contribution < 1.29 is 0 Å². The zero-order chi connectivity index (χ0) is 45.7. The number of aromatic nitrogens is 4. The van der Waals surface area contributed by atoms with Crippen LogP contribution in [0.2, 0.25) is 0 Å². The van der Waals surface area contributed by atoms with Gasteiger partial charge in [0, 0.05) is 58.9 Å². The first-order chi connectivity index (χ1) is 34.2. The molecule has 4 nitrogen and oxygen atoms in total. The first kappa shape index (κ1) is 40.7. The fraction of sp³-hybridized carbons (Fsp3) is 0. The standard InChI is InChI=1S/C63H42N4SSi/c1-4-24-46(25-5-1)69(47-26-6-2-7-27-47,48-28-8-3-9-29-48)49-30-19-22-44(42-49)62-64-61(43-21-18-23-45(41-43)67-57-38-15-12-32-51(57)52-33-13-16-39-58(52)67)65-63(66-62)56-35-11-10-31-50(56)54-36-20-37-55-53-34-14-17-40-59(53)68-60(54)55/h1-42H. The minimum Gasteiger partial charge on any atom is -0.309 e. The molecule has 6 heteroatoms. The van der Waals surface area contributed by atoms with Crippen LogP contribution in [-0.2, 0) is 0 Å². The molecule has 324 valence electrons. The molecular formula is C63H42N4SSi. The van der Waals surface area contributed by atoms with Crippen LogP contribution in [-0.4, -0.2) is 27.6 Å². The minimum atomic E-state index is -2.87. The summed E-state index contributed by atoms with van der Waals surface area (Å²) in [4.78, 5) is 16.4. The monoisotopic (exact) mass is 914 g/mol. The normalized spacial score (nSPS) is 11.8. The predicted octanol–water partition coefficient (Wildman–Crippen LogP) is 13.4. The van der Waals surface area contributed by atoms with Gasteiger partial charge in [-0.3, -0.25) is 0 Å². The van der Waals surface area contributed by atoms with Gasteiger partial charge in [0.15, 0.2) is 25.5 Å².